The molecule has 0 aliphatic heterocycles. The van der Waals surface area contributed by atoms with Crippen molar-refractivity contribution in [3.63, 3.8) is 0 Å². The van der Waals surface area contributed by atoms with Gasteiger partial charge in [0, 0.05) is 42.9 Å². The van der Waals surface area contributed by atoms with Crippen LogP contribution >= 0.6 is 11.3 Å². The Morgan fingerprint density at radius 3 is 1.78 bits per heavy atom. The standard InChI is InChI=1S/C45H28N4S/c1-4-13-29(14-5-1)32-23-25-35-34-19-10-11-21-38(34)49(40(35)27-32)39-22-12-20-37-36-26-24-33(28-41(36)50-42(37)39)45-47-43(30-15-6-2-7-16-30)46-44(48-45)31-17-8-3-9-18-31/h1-28H/i2D,3D,6D,7D,8D,9D,15D,16D,17D,18D. The van der Waals surface area contributed by atoms with Gasteiger partial charge in [-0.2, -0.15) is 0 Å². The van der Waals surface area contributed by atoms with Crippen molar-refractivity contribution < 1.29 is 13.7 Å². The molecule has 0 fully saturated rings. The Morgan fingerprint density at radius 1 is 0.440 bits per heavy atom. The lowest BCUT2D eigenvalue weighted by atomic mass is 10.0. The minimum atomic E-state index is -0.598. The topological polar surface area (TPSA) is 43.6 Å². The maximum absolute atomic E-state index is 8.68. The van der Waals surface area contributed by atoms with E-state index < -0.39 is 60.4 Å². The highest BCUT2D eigenvalue weighted by Crippen LogP contribution is 2.42. The van der Waals surface area contributed by atoms with Crippen LogP contribution in [0, 0.1) is 0 Å². The predicted molar refractivity (Wildman–Crippen MR) is 209 cm³/mol. The monoisotopic (exact) mass is 666 g/mol. The number of hydrogen-bond acceptors (Lipinski definition) is 4. The van der Waals surface area contributed by atoms with Crippen LogP contribution in [0.3, 0.4) is 0 Å². The summed E-state index contributed by atoms with van der Waals surface area (Å²) in [4.78, 5) is 13.7. The zero-order valence-electron chi connectivity index (χ0n) is 36.1. The Morgan fingerprint density at radius 2 is 1.04 bits per heavy atom. The molecule has 0 aliphatic carbocycles. The number of para-hydroxylation sites is 1. The molecule has 3 aromatic heterocycles. The lowest BCUT2D eigenvalue weighted by Crippen LogP contribution is -1.99. The smallest absolute Gasteiger partial charge is 0.164 e. The van der Waals surface area contributed by atoms with E-state index in [9.17, 15) is 0 Å². The molecule has 234 valence electrons. The van der Waals surface area contributed by atoms with E-state index in [1.165, 1.54) is 0 Å². The highest BCUT2D eigenvalue weighted by atomic mass is 32.1. The third-order valence-electron chi connectivity index (χ3n) is 8.84. The van der Waals surface area contributed by atoms with Crippen LogP contribution in [0.4, 0.5) is 0 Å². The first-order valence-corrected chi connectivity index (χ1v) is 16.7. The summed E-state index contributed by atoms with van der Waals surface area (Å²) in [7, 11) is 0. The van der Waals surface area contributed by atoms with Crippen LogP contribution in [-0.4, -0.2) is 19.5 Å². The molecule has 10 rings (SSSR count). The fourth-order valence-electron chi connectivity index (χ4n) is 6.59. The molecule has 0 N–H and O–H groups in total. The van der Waals surface area contributed by atoms with Crippen LogP contribution in [-0.2, 0) is 0 Å². The Hall–Kier alpha value is -6.43. The SMILES string of the molecule is [2H]c1c([2H])c([2H])c(-c2nc(-c3ccc4c(c3)sc3c(-n5c6ccccc6c6ccc(-c7ccccc7)cc65)cccc34)nc(-c3c([2H])c([2H])c([2H])c([2H])c3[2H])n2)c([2H])c1[2H]. The minimum Gasteiger partial charge on any atom is -0.308 e. The minimum absolute atomic E-state index is 0.0176. The Bertz CT molecular complexity index is 3310. The Balaban J connectivity index is 1.20. The summed E-state index contributed by atoms with van der Waals surface area (Å²) in [5.74, 6) is -0.596. The van der Waals surface area contributed by atoms with Crippen LogP contribution in [0.2, 0.25) is 0 Å². The number of aromatic nitrogens is 4. The third kappa shape index (κ3) is 4.71. The molecule has 0 bridgehead atoms. The number of fused-ring (bicyclic) bond motifs is 6. The number of thiophene rings is 1. The molecule has 0 saturated carbocycles. The van der Waals surface area contributed by atoms with E-state index in [4.69, 9.17) is 13.7 Å². The number of nitrogens with zero attached hydrogens (tertiary/aromatic N) is 4. The van der Waals surface area contributed by atoms with E-state index >= 15 is 0 Å². The molecule has 0 unspecified atom stereocenters. The van der Waals surface area contributed by atoms with Gasteiger partial charge in [-0.3, -0.25) is 0 Å². The van der Waals surface area contributed by atoms with Crippen molar-refractivity contribution in [1.29, 1.82) is 0 Å². The highest BCUT2D eigenvalue weighted by Gasteiger charge is 2.18. The first kappa shape index (κ1) is 20.2. The maximum atomic E-state index is 8.68. The molecule has 0 aliphatic rings. The maximum Gasteiger partial charge on any atom is 0.164 e. The Kier molecular flexibility index (Phi) is 4.69. The lowest BCUT2D eigenvalue weighted by molar-refractivity contribution is 1.07. The molecular weight excluding hydrogens is 629 g/mol. The van der Waals surface area contributed by atoms with Crippen LogP contribution in [0.15, 0.2) is 170 Å². The van der Waals surface area contributed by atoms with Gasteiger partial charge in [0.1, 0.15) is 0 Å². The highest BCUT2D eigenvalue weighted by molar-refractivity contribution is 7.26. The van der Waals surface area contributed by atoms with Gasteiger partial charge in [-0.15, -0.1) is 11.3 Å². The van der Waals surface area contributed by atoms with Gasteiger partial charge in [0.25, 0.3) is 0 Å². The zero-order chi connectivity index (χ0) is 41.7. The molecule has 0 atom stereocenters. The quantitative estimate of drug-likeness (QED) is 0.184. The van der Waals surface area contributed by atoms with E-state index in [0.717, 1.165) is 58.8 Å². The van der Waals surface area contributed by atoms with Gasteiger partial charge < -0.3 is 4.57 Å². The second kappa shape index (κ2) is 11.6. The average molecular weight is 667 g/mol. The molecule has 10 aromatic rings. The normalized spacial score (nSPS) is 14.4. The molecule has 4 nitrogen and oxygen atoms in total. The molecule has 5 heteroatoms. The third-order valence-corrected chi connectivity index (χ3v) is 10.0. The van der Waals surface area contributed by atoms with Crippen molar-refractivity contribution in [2.45, 2.75) is 0 Å². The van der Waals surface area contributed by atoms with Gasteiger partial charge in [0.15, 0.2) is 17.5 Å². The second-order valence-corrected chi connectivity index (χ2v) is 12.8. The molecule has 0 saturated heterocycles. The average Bonchev–Trinajstić information content (AvgIpc) is 3.82. The van der Waals surface area contributed by atoms with E-state index in [0.29, 0.717) is 5.56 Å². The molecule has 0 spiro atoms. The summed E-state index contributed by atoms with van der Waals surface area (Å²) in [5.41, 5.74) is 5.20. The van der Waals surface area contributed by atoms with Crippen LogP contribution in [0.1, 0.15) is 13.7 Å². The van der Waals surface area contributed by atoms with Crippen LogP contribution in [0.25, 0.3) is 93.0 Å². The fourth-order valence-corrected chi connectivity index (χ4v) is 7.84. The van der Waals surface area contributed by atoms with E-state index in [1.54, 1.807) is 17.4 Å². The van der Waals surface area contributed by atoms with Crippen molar-refractivity contribution in [2.24, 2.45) is 0 Å². The first-order chi connectivity index (χ1) is 28.9. The zero-order valence-corrected chi connectivity index (χ0v) is 26.9. The molecular formula is C45H28N4S. The molecule has 0 radical (unpaired) electrons. The van der Waals surface area contributed by atoms with E-state index in [2.05, 4.69) is 74.1 Å². The molecule has 7 aromatic carbocycles. The van der Waals surface area contributed by atoms with Crippen LogP contribution < -0.4 is 0 Å². The summed E-state index contributed by atoms with van der Waals surface area (Å²) < 4.78 is 88.4. The number of rotatable bonds is 5. The van der Waals surface area contributed by atoms with Crippen molar-refractivity contribution in [3.05, 3.63) is 170 Å². The van der Waals surface area contributed by atoms with Crippen LogP contribution in [0.5, 0.6) is 0 Å². The summed E-state index contributed by atoms with van der Waals surface area (Å²) in [6, 6.07) is 31.3. The number of hydrogen-bond donors (Lipinski definition) is 0. The van der Waals surface area contributed by atoms with Crippen molar-refractivity contribution in [3.8, 4) is 51.0 Å². The molecule has 3 heterocycles. The van der Waals surface area contributed by atoms with E-state index in [1.807, 2.05) is 48.5 Å². The van der Waals surface area contributed by atoms with Gasteiger partial charge >= 0.3 is 0 Å². The first-order valence-electron chi connectivity index (χ1n) is 20.9. The van der Waals surface area contributed by atoms with E-state index in [-0.39, 0.29) is 28.6 Å². The summed E-state index contributed by atoms with van der Waals surface area (Å²) >= 11 is 1.58. The van der Waals surface area contributed by atoms with Gasteiger partial charge in [0.2, 0.25) is 0 Å². The molecule has 0 amide bonds. The lowest BCUT2D eigenvalue weighted by Gasteiger charge is -2.10. The van der Waals surface area contributed by atoms with Gasteiger partial charge in [-0.1, -0.05) is 145 Å². The van der Waals surface area contributed by atoms with Gasteiger partial charge in [-0.05, 0) is 35.4 Å². The largest absolute Gasteiger partial charge is 0.308 e. The summed E-state index contributed by atoms with van der Waals surface area (Å²) in [5, 5.41) is 4.26. The number of benzene rings is 7. The second-order valence-electron chi connectivity index (χ2n) is 11.7. The summed E-state index contributed by atoms with van der Waals surface area (Å²) in [6.07, 6.45) is 0. The predicted octanol–water partition coefficient (Wildman–Crippen LogP) is 12.0. The fraction of sp³-hybridized carbons (Fsp3) is 0. The van der Waals surface area contributed by atoms with Gasteiger partial charge in [-0.25, -0.2) is 15.0 Å². The molecule has 50 heavy (non-hydrogen) atoms. The van der Waals surface area contributed by atoms with Gasteiger partial charge in [0.05, 0.1) is 35.1 Å². The van der Waals surface area contributed by atoms with Crippen molar-refractivity contribution >= 4 is 53.3 Å². The summed E-state index contributed by atoms with van der Waals surface area (Å²) in [6.45, 7) is 0. The van der Waals surface area contributed by atoms with Crippen molar-refractivity contribution in [2.75, 3.05) is 0 Å². The van der Waals surface area contributed by atoms with Crippen molar-refractivity contribution in [1.82, 2.24) is 19.5 Å². The Labute approximate surface area is 306 Å².